The highest BCUT2D eigenvalue weighted by Crippen LogP contribution is 2.43. The van der Waals surface area contributed by atoms with Crippen molar-refractivity contribution in [2.24, 2.45) is 5.10 Å². The van der Waals surface area contributed by atoms with Crippen LogP contribution in [0.1, 0.15) is 33.1 Å². The van der Waals surface area contributed by atoms with Gasteiger partial charge in [-0.25, -0.2) is 14.6 Å². The Hall–Kier alpha value is -3.93. The molecule has 13 N–H and O–H groups in total. The number of aliphatic hydroxyl groups is 8. The average molecular weight is 1300 g/mol. The van der Waals surface area contributed by atoms with E-state index >= 15 is 0 Å². The zero-order valence-electron chi connectivity index (χ0n) is 50.4. The molecule has 0 spiro atoms. The molecule has 24 nitrogen and oxygen atoms in total. The molecule has 0 aromatic carbocycles. The van der Waals surface area contributed by atoms with E-state index in [1.165, 1.54) is 16.1 Å². The highest BCUT2D eigenvalue weighted by Gasteiger charge is 2.49. The summed E-state index contributed by atoms with van der Waals surface area (Å²) < 4.78 is 23.2. The van der Waals surface area contributed by atoms with Crippen LogP contribution in [0.15, 0.2) is 90.3 Å². The number of nitrogens with zero attached hydrogens (tertiary/aromatic N) is 4. The molecule has 4 saturated heterocycles. The predicted octanol–water partition coefficient (Wildman–Crippen LogP) is 1.72. The topological polar surface area (TPSA) is 332 Å². The molecule has 16 atom stereocenters. The summed E-state index contributed by atoms with van der Waals surface area (Å²) in [5, 5.41) is 99.7. The molecule has 8 rings (SSSR count). The fraction of sp³-hybridized carbons (Fsp3) is 0.596. The zero-order chi connectivity index (χ0) is 64.0. The summed E-state index contributed by atoms with van der Waals surface area (Å²) in [7, 11) is 1.60. The van der Waals surface area contributed by atoms with Crippen LogP contribution < -0.4 is 26.6 Å². The first kappa shape index (κ1) is 74.5. The van der Waals surface area contributed by atoms with E-state index < -0.39 is 119 Å². The van der Waals surface area contributed by atoms with Crippen molar-refractivity contribution in [2.45, 2.75) is 131 Å². The van der Waals surface area contributed by atoms with E-state index in [0.29, 0.717) is 59.0 Å². The smallest absolute Gasteiger partial charge is 0.325 e. The van der Waals surface area contributed by atoms with E-state index in [4.69, 9.17) is 31.2 Å². The monoisotopic (exact) mass is 1300 g/mol. The van der Waals surface area contributed by atoms with Gasteiger partial charge in [0.25, 0.3) is 5.91 Å². The quantitative estimate of drug-likeness (QED) is 0.0773. The van der Waals surface area contributed by atoms with Crippen molar-refractivity contribution >= 4 is 94.1 Å². The van der Waals surface area contributed by atoms with E-state index in [9.17, 15) is 55.2 Å². The maximum Gasteiger partial charge on any atom is 0.325 e. The molecule has 0 radical (unpaired) electrons. The highest BCUT2D eigenvalue weighted by atomic mass is 32.1. The SMILES string of the molecule is C.C=C1NC(=O)C=NN1C1OC(CCP(=C)(C)C)C(O)C1O.C=C1NC(=O)N(C)C=C1C1OC(CCP(=C)(C)C)C(O)C1O.C=C1NC(=O)NC=C1C1OC(CCP(=C)(C)C)C(O)C1O.C=C1NC(=S)C=CN1C1OC(CCP(=C)(C)C)C(O)C1O. The van der Waals surface area contributed by atoms with Gasteiger partial charge in [0.1, 0.15) is 83.9 Å². The maximum absolute atomic E-state index is 11.5. The van der Waals surface area contributed by atoms with E-state index in [0.717, 1.165) is 30.9 Å². The molecule has 0 aromatic rings. The van der Waals surface area contributed by atoms with Gasteiger partial charge in [-0.2, -0.15) is 5.10 Å². The van der Waals surface area contributed by atoms with Crippen molar-refractivity contribution in [1.82, 2.24) is 41.4 Å². The van der Waals surface area contributed by atoms with Crippen LogP contribution in [0.5, 0.6) is 0 Å². The number of hydrogen-bond donors (Lipinski definition) is 13. The van der Waals surface area contributed by atoms with Gasteiger partial charge in [0, 0.05) is 48.2 Å². The predicted molar refractivity (Wildman–Crippen MR) is 357 cm³/mol. The van der Waals surface area contributed by atoms with Crippen molar-refractivity contribution in [3.8, 4) is 0 Å². The number of ether oxygens (including phenoxy) is 4. The average Bonchev–Trinajstić information content (AvgIpc) is 2.34. The molecule has 0 saturated carbocycles. The Labute approximate surface area is 513 Å². The second kappa shape index (κ2) is 30.7. The van der Waals surface area contributed by atoms with Crippen LogP contribution in [0.4, 0.5) is 9.59 Å². The summed E-state index contributed by atoms with van der Waals surface area (Å²) in [5.74, 6) is 0.359. The van der Waals surface area contributed by atoms with Gasteiger partial charge in [0.15, 0.2) is 12.5 Å². The van der Waals surface area contributed by atoms with Gasteiger partial charge in [0.2, 0.25) is 0 Å². The molecule has 0 bridgehead atoms. The number of nitrogens with one attached hydrogen (secondary N) is 5. The number of carbonyl (C=O) groups excluding carboxylic acids is 3. The fourth-order valence-corrected chi connectivity index (χ4v) is 13.7. The summed E-state index contributed by atoms with van der Waals surface area (Å²) in [6, 6.07) is -0.668. The van der Waals surface area contributed by atoms with Crippen LogP contribution in [0.25, 0.3) is 0 Å². The minimum Gasteiger partial charge on any atom is -0.388 e. The molecular formula is C57H97N9O15P4S. The third kappa shape index (κ3) is 20.8. The number of carbonyl (C=O) groups is 3. The standard InChI is InChI=1S/C15H25N2O4P.C14H23N2O4P.C14H23N2O3PS.C13H22N3O4P.CH4/c1-9-10(8-17(2)15(20)16-9)14-13(19)12(18)11(21-14)6-7-22(3,4)5;1-8-9(7-15-14(19)16-8)13-12(18)11(17)10(20-13)5-6-21(2,3)4;1-9-15-11(21)5-7-16(9)14-13(18)12(17)10(19-14)6-8-20(2,3)4;1-8-15-10(17)7-14-16(8)13-12(19)11(18)9(20-13)5-6-21(2,3)4;/h8,11-14,18-19H,1,3,6-7H2,2,4-5H3,(H,16,20);7,10-13,17-18H,1-2,5-6H2,3-4H3,(H2,15,16,19);5,7,10,12-14,17-18H,1-2,6,8H2,3-4H3,(H,15,21);7,9,11-13,18-19H,1-2,5-6H2,3-4H3,(H,15,17);1H4. The zero-order valence-corrected chi connectivity index (χ0v) is 54.8. The van der Waals surface area contributed by atoms with Gasteiger partial charge in [-0.05, 0) is 110 Å². The molecule has 8 aliphatic heterocycles. The first-order valence-electron chi connectivity index (χ1n) is 27.6. The van der Waals surface area contributed by atoms with Crippen molar-refractivity contribution in [3.05, 3.63) is 85.2 Å². The van der Waals surface area contributed by atoms with Crippen LogP contribution >= 0.6 is 39.8 Å². The molecule has 8 heterocycles. The Morgan fingerprint density at radius 1 is 0.558 bits per heavy atom. The van der Waals surface area contributed by atoms with Crippen LogP contribution in [0.3, 0.4) is 0 Å². The Bertz CT molecular complexity index is 2770. The van der Waals surface area contributed by atoms with E-state index in [1.807, 2.05) is 0 Å². The maximum atomic E-state index is 11.5. The fourth-order valence-electron chi connectivity index (χ4n) is 9.73. The molecule has 29 heteroatoms. The molecule has 486 valence electrons. The Morgan fingerprint density at radius 3 is 1.40 bits per heavy atom. The molecule has 86 heavy (non-hydrogen) atoms. The van der Waals surface area contributed by atoms with Crippen LogP contribution in [0, 0.1) is 0 Å². The van der Waals surface area contributed by atoms with Gasteiger partial charge < -0.3 is 96.2 Å². The minimum atomic E-state index is -1.23. The second-order valence-corrected chi connectivity index (χ2v) is 42.7. The van der Waals surface area contributed by atoms with Crippen molar-refractivity contribution < 1.29 is 74.2 Å². The minimum absolute atomic E-state index is 0. The molecular weight excluding hydrogens is 1210 g/mol. The van der Waals surface area contributed by atoms with Crippen molar-refractivity contribution in [3.63, 3.8) is 0 Å². The first-order valence-corrected chi connectivity index (χ1v) is 40.3. The summed E-state index contributed by atoms with van der Waals surface area (Å²) >= 11 is 5.03. The van der Waals surface area contributed by atoms with Gasteiger partial charge in [-0.15, -0.1) is 52.7 Å². The summed E-state index contributed by atoms with van der Waals surface area (Å²) in [5.41, 5.74) is 1.90. The van der Waals surface area contributed by atoms with Gasteiger partial charge in [-0.3, -0.25) is 4.79 Å². The summed E-state index contributed by atoms with van der Waals surface area (Å²) in [6.07, 6.45) is 17.6. The molecule has 4 fully saturated rings. The number of hydrazone groups is 1. The molecule has 5 amide bonds. The number of aliphatic hydroxyl groups excluding tert-OH is 8. The van der Waals surface area contributed by atoms with Crippen LogP contribution in [-0.2, 0) is 23.7 Å². The lowest BCUT2D eigenvalue weighted by atomic mass is 9.99. The van der Waals surface area contributed by atoms with Gasteiger partial charge in [0.05, 0.1) is 24.4 Å². The van der Waals surface area contributed by atoms with Gasteiger partial charge in [-0.1, -0.05) is 46.0 Å². The number of rotatable bonds is 16. The number of hydrogen-bond acceptors (Lipinski definition) is 19. The molecule has 8 aliphatic rings. The number of urea groups is 2. The van der Waals surface area contributed by atoms with E-state index in [2.05, 4.69) is 137 Å². The van der Waals surface area contributed by atoms with Crippen LogP contribution in [0.2, 0.25) is 0 Å². The normalized spacial score (nSPS) is 32.9. The summed E-state index contributed by atoms with van der Waals surface area (Å²) in [4.78, 5) is 37.5. The number of thiocarbonyl (C=S) groups is 1. The lowest BCUT2D eigenvalue weighted by molar-refractivity contribution is -0.117. The lowest BCUT2D eigenvalue weighted by Crippen LogP contribution is -2.47. The Kier molecular flexibility index (Phi) is 26.6. The molecule has 16 unspecified atom stereocenters. The Morgan fingerprint density at radius 2 is 0.965 bits per heavy atom. The summed E-state index contributed by atoms with van der Waals surface area (Å²) in [6.45, 7) is 27.2. The molecule has 0 aliphatic carbocycles. The number of amides is 5. The lowest BCUT2D eigenvalue weighted by Gasteiger charge is -2.33. The van der Waals surface area contributed by atoms with Crippen molar-refractivity contribution in [1.29, 1.82) is 0 Å². The first-order chi connectivity index (χ1) is 39.2. The van der Waals surface area contributed by atoms with E-state index in [1.54, 1.807) is 30.4 Å². The molecule has 0 aromatic heterocycles. The van der Waals surface area contributed by atoms with Crippen LogP contribution in [-0.4, -0.2) is 293 Å². The third-order valence-electron chi connectivity index (χ3n) is 14.6. The van der Waals surface area contributed by atoms with E-state index in [-0.39, 0.29) is 37.3 Å². The highest BCUT2D eigenvalue weighted by molar-refractivity contribution is 7.80. The Balaban J connectivity index is 0.000000245. The second-order valence-electron chi connectivity index (χ2n) is 25.0. The third-order valence-corrected chi connectivity index (χ3v) is 20.8. The van der Waals surface area contributed by atoms with Crippen molar-refractivity contribution in [2.75, 3.05) is 85.0 Å². The van der Waals surface area contributed by atoms with Gasteiger partial charge >= 0.3 is 12.1 Å². The largest absolute Gasteiger partial charge is 0.388 e.